The van der Waals surface area contributed by atoms with Crippen LogP contribution in [0.3, 0.4) is 0 Å². The molecule has 8 heteroatoms. The smallest absolute Gasteiger partial charge is 0.295 e. The molecule has 1 aliphatic carbocycles. The zero-order valence-electron chi connectivity index (χ0n) is 23.5. The number of benzene rings is 1. The van der Waals surface area contributed by atoms with E-state index in [1.165, 1.54) is 25.7 Å². The first-order chi connectivity index (χ1) is 19.1. The molecule has 0 saturated heterocycles. The third kappa shape index (κ3) is 5.75. The van der Waals surface area contributed by atoms with Crippen molar-refractivity contribution in [3.05, 3.63) is 70.7 Å². The molecule has 1 N–H and O–H groups in total. The standard InChI is InChI=1S/C31H41N7O/c1-4-7-14-26-21-38(29-22(5-2)12-8-9-13-23(29)6-3)31(39)37(26)20-25-18-17-24(19-32-25)27-15-10-11-16-28(27)30-33-35-36-34-30/h10-11,15-19,21-23,29H,4-9,12-14,20H2,1-3H3,(H,33,34,35,36). The summed E-state index contributed by atoms with van der Waals surface area (Å²) in [6.07, 6.45) is 14.4. The summed E-state index contributed by atoms with van der Waals surface area (Å²) >= 11 is 0. The highest BCUT2D eigenvalue weighted by molar-refractivity contribution is 5.79. The van der Waals surface area contributed by atoms with Crippen molar-refractivity contribution in [2.24, 2.45) is 11.8 Å². The maximum Gasteiger partial charge on any atom is 0.328 e. The topological polar surface area (TPSA) is 94.3 Å². The summed E-state index contributed by atoms with van der Waals surface area (Å²) in [5, 5.41) is 14.5. The van der Waals surface area contributed by atoms with Crippen molar-refractivity contribution in [3.63, 3.8) is 0 Å². The van der Waals surface area contributed by atoms with E-state index in [-0.39, 0.29) is 11.7 Å². The van der Waals surface area contributed by atoms with Crippen LogP contribution in [0.15, 0.2) is 53.6 Å². The van der Waals surface area contributed by atoms with Crippen LogP contribution >= 0.6 is 0 Å². The summed E-state index contributed by atoms with van der Waals surface area (Å²) < 4.78 is 4.10. The van der Waals surface area contributed by atoms with E-state index in [4.69, 9.17) is 4.98 Å². The van der Waals surface area contributed by atoms with Crippen molar-refractivity contribution in [3.8, 4) is 22.5 Å². The van der Waals surface area contributed by atoms with Gasteiger partial charge in [0.05, 0.1) is 12.2 Å². The first kappa shape index (κ1) is 27.0. The molecule has 2 atom stereocenters. The number of hydrogen-bond acceptors (Lipinski definition) is 5. The number of hydrogen-bond donors (Lipinski definition) is 1. The highest BCUT2D eigenvalue weighted by Gasteiger charge is 2.33. The number of rotatable bonds is 10. The monoisotopic (exact) mass is 527 g/mol. The number of aryl methyl sites for hydroxylation is 1. The van der Waals surface area contributed by atoms with E-state index < -0.39 is 0 Å². The Morgan fingerprint density at radius 1 is 0.974 bits per heavy atom. The van der Waals surface area contributed by atoms with Crippen molar-refractivity contribution in [2.75, 3.05) is 0 Å². The lowest BCUT2D eigenvalue weighted by atomic mass is 9.83. The van der Waals surface area contributed by atoms with Crippen LogP contribution in [0.1, 0.15) is 89.6 Å². The summed E-state index contributed by atoms with van der Waals surface area (Å²) in [4.78, 5) is 18.8. The average molecular weight is 528 g/mol. The Morgan fingerprint density at radius 2 is 1.72 bits per heavy atom. The van der Waals surface area contributed by atoms with Gasteiger partial charge in [0.25, 0.3) is 0 Å². The quantitative estimate of drug-likeness (QED) is 0.239. The summed E-state index contributed by atoms with van der Waals surface area (Å²) in [6, 6.07) is 12.4. The molecule has 2 unspecified atom stereocenters. The van der Waals surface area contributed by atoms with E-state index in [0.717, 1.165) is 60.2 Å². The largest absolute Gasteiger partial charge is 0.328 e. The Balaban J connectivity index is 1.47. The molecule has 1 fully saturated rings. The zero-order valence-corrected chi connectivity index (χ0v) is 23.5. The van der Waals surface area contributed by atoms with Crippen LogP contribution in [-0.2, 0) is 13.0 Å². The maximum absolute atomic E-state index is 14.0. The maximum atomic E-state index is 14.0. The molecule has 0 aliphatic heterocycles. The van der Waals surface area contributed by atoms with Gasteiger partial charge in [-0.15, -0.1) is 10.2 Å². The summed E-state index contributed by atoms with van der Waals surface area (Å²) in [5.74, 6) is 1.67. The molecule has 1 saturated carbocycles. The molecule has 5 rings (SSSR count). The summed E-state index contributed by atoms with van der Waals surface area (Å²) in [7, 11) is 0. The lowest BCUT2D eigenvalue weighted by Gasteiger charge is -2.31. The second-order valence-electron chi connectivity index (χ2n) is 10.9. The fourth-order valence-electron chi connectivity index (χ4n) is 6.42. The van der Waals surface area contributed by atoms with Crippen LogP contribution in [-0.4, -0.2) is 34.7 Å². The molecule has 0 bridgehead atoms. The second-order valence-corrected chi connectivity index (χ2v) is 10.9. The van der Waals surface area contributed by atoms with E-state index in [1.54, 1.807) is 0 Å². The van der Waals surface area contributed by atoms with Crippen molar-refractivity contribution in [2.45, 2.75) is 91.1 Å². The number of H-pyrrole nitrogens is 1. The summed E-state index contributed by atoms with van der Waals surface area (Å²) in [5.41, 5.74) is 5.01. The zero-order chi connectivity index (χ0) is 27.2. The molecule has 0 radical (unpaired) electrons. The van der Waals surface area contributed by atoms with Gasteiger partial charge in [-0.1, -0.05) is 83.2 Å². The van der Waals surface area contributed by atoms with E-state index in [0.29, 0.717) is 24.2 Å². The van der Waals surface area contributed by atoms with Gasteiger partial charge in [0.15, 0.2) is 0 Å². The first-order valence-electron chi connectivity index (χ1n) is 14.7. The van der Waals surface area contributed by atoms with Crippen LogP contribution < -0.4 is 5.69 Å². The Hall–Kier alpha value is -3.55. The average Bonchev–Trinajstić information content (AvgIpc) is 3.55. The van der Waals surface area contributed by atoms with Gasteiger partial charge in [-0.3, -0.25) is 14.1 Å². The van der Waals surface area contributed by atoms with Crippen molar-refractivity contribution >= 4 is 0 Å². The molecule has 1 aromatic carbocycles. The van der Waals surface area contributed by atoms with Crippen molar-refractivity contribution < 1.29 is 0 Å². The number of aromatic amines is 1. The number of imidazole rings is 1. The Kier molecular flexibility index (Phi) is 8.69. The van der Waals surface area contributed by atoms with Crippen LogP contribution in [0.4, 0.5) is 0 Å². The molecule has 0 spiro atoms. The predicted octanol–water partition coefficient (Wildman–Crippen LogP) is 6.45. The second kappa shape index (κ2) is 12.5. The summed E-state index contributed by atoms with van der Waals surface area (Å²) in [6.45, 7) is 7.27. The van der Waals surface area contributed by atoms with Crippen LogP contribution in [0.25, 0.3) is 22.5 Å². The SMILES string of the molecule is CCCCc1cn(C2C(CC)CCCCC2CC)c(=O)n1Cc1ccc(-c2ccccc2-c2nn[nH]n2)cn1. The van der Waals surface area contributed by atoms with Crippen molar-refractivity contribution in [1.29, 1.82) is 0 Å². The number of aromatic nitrogens is 7. The molecule has 3 heterocycles. The third-order valence-electron chi connectivity index (χ3n) is 8.58. The highest BCUT2D eigenvalue weighted by Crippen LogP contribution is 2.40. The lowest BCUT2D eigenvalue weighted by Crippen LogP contribution is -2.34. The van der Waals surface area contributed by atoms with E-state index in [2.05, 4.69) is 58.2 Å². The van der Waals surface area contributed by atoms with Gasteiger partial charge < -0.3 is 0 Å². The van der Waals surface area contributed by atoms with Crippen LogP contribution in [0.5, 0.6) is 0 Å². The van der Waals surface area contributed by atoms with E-state index in [1.807, 2.05) is 41.1 Å². The highest BCUT2D eigenvalue weighted by atomic mass is 16.1. The molecular formula is C31H41N7O. The lowest BCUT2D eigenvalue weighted by molar-refractivity contribution is 0.213. The Labute approximate surface area is 230 Å². The fraction of sp³-hybridized carbons (Fsp3) is 0.516. The first-order valence-corrected chi connectivity index (χ1v) is 14.7. The number of unbranched alkanes of at least 4 members (excludes halogenated alkanes) is 1. The molecule has 1 aliphatic rings. The number of nitrogens with zero attached hydrogens (tertiary/aromatic N) is 6. The van der Waals surface area contributed by atoms with Crippen molar-refractivity contribution in [1.82, 2.24) is 34.7 Å². The molecule has 3 aromatic heterocycles. The van der Waals surface area contributed by atoms with Gasteiger partial charge in [-0.2, -0.15) is 5.21 Å². The van der Waals surface area contributed by atoms with Gasteiger partial charge in [0.1, 0.15) is 0 Å². The van der Waals surface area contributed by atoms with Gasteiger partial charge in [0, 0.05) is 35.3 Å². The minimum atomic E-state index is 0.123. The Morgan fingerprint density at radius 3 is 2.33 bits per heavy atom. The van der Waals surface area contributed by atoms with Gasteiger partial charge >= 0.3 is 5.69 Å². The minimum Gasteiger partial charge on any atom is -0.295 e. The number of nitrogens with one attached hydrogen (secondary N) is 1. The van der Waals surface area contributed by atoms with Gasteiger partial charge in [-0.05, 0) is 54.4 Å². The normalized spacial score (nSPS) is 19.7. The molecule has 8 nitrogen and oxygen atoms in total. The molecule has 4 aromatic rings. The van der Waals surface area contributed by atoms with Crippen LogP contribution in [0, 0.1) is 11.8 Å². The molecular weight excluding hydrogens is 486 g/mol. The van der Waals surface area contributed by atoms with E-state index in [9.17, 15) is 4.79 Å². The third-order valence-corrected chi connectivity index (χ3v) is 8.58. The number of tetrazole rings is 1. The van der Waals surface area contributed by atoms with Crippen LogP contribution in [0.2, 0.25) is 0 Å². The van der Waals surface area contributed by atoms with E-state index >= 15 is 0 Å². The minimum absolute atomic E-state index is 0.123. The number of pyridine rings is 1. The molecule has 39 heavy (non-hydrogen) atoms. The predicted molar refractivity (Wildman–Crippen MR) is 154 cm³/mol. The molecule has 206 valence electrons. The van der Waals surface area contributed by atoms with Gasteiger partial charge in [0.2, 0.25) is 5.82 Å². The van der Waals surface area contributed by atoms with Gasteiger partial charge in [-0.25, -0.2) is 4.79 Å². The molecule has 0 amide bonds. The Bertz CT molecular complexity index is 1370. The fourth-order valence-corrected chi connectivity index (χ4v) is 6.42.